The Balaban J connectivity index is 2.36. The third-order valence-corrected chi connectivity index (χ3v) is 3.95. The summed E-state index contributed by atoms with van der Waals surface area (Å²) in [5.41, 5.74) is 0. The zero-order valence-corrected chi connectivity index (χ0v) is 10.2. The molecule has 0 aliphatic rings. The first kappa shape index (κ1) is 11.2. The summed E-state index contributed by atoms with van der Waals surface area (Å²) in [6.07, 6.45) is 3.81. The van der Waals surface area contributed by atoms with E-state index >= 15 is 0 Å². The van der Waals surface area contributed by atoms with Crippen LogP contribution in [-0.2, 0) is 6.42 Å². The maximum absolute atomic E-state index is 9.66. The highest BCUT2D eigenvalue weighted by molar-refractivity contribution is 9.10. The highest BCUT2D eigenvalue weighted by Crippen LogP contribution is 2.24. The Morgan fingerprint density at radius 2 is 2.38 bits per heavy atom. The standard InChI is InChI=1S/C10H15BrOS/c1-2-3-4-8(12)7-10-9(11)5-6-13-10/h5-6,8,12H,2-4,7H2,1H3. The maximum Gasteiger partial charge on any atom is 0.0588 e. The number of rotatable bonds is 5. The number of thiophene rings is 1. The van der Waals surface area contributed by atoms with Crippen LogP contribution in [0.25, 0.3) is 0 Å². The molecule has 0 fully saturated rings. The lowest BCUT2D eigenvalue weighted by Crippen LogP contribution is -2.09. The van der Waals surface area contributed by atoms with E-state index in [9.17, 15) is 5.11 Å². The molecule has 1 rings (SSSR count). The summed E-state index contributed by atoms with van der Waals surface area (Å²) < 4.78 is 1.13. The fourth-order valence-corrected chi connectivity index (χ4v) is 2.81. The van der Waals surface area contributed by atoms with E-state index in [2.05, 4.69) is 22.9 Å². The van der Waals surface area contributed by atoms with E-state index in [4.69, 9.17) is 0 Å². The molecule has 1 atom stereocenters. The van der Waals surface area contributed by atoms with Gasteiger partial charge in [0.15, 0.2) is 0 Å². The summed E-state index contributed by atoms with van der Waals surface area (Å²) in [6, 6.07) is 2.03. The summed E-state index contributed by atoms with van der Waals surface area (Å²) in [4.78, 5) is 1.25. The van der Waals surface area contributed by atoms with Crippen molar-refractivity contribution in [2.24, 2.45) is 0 Å². The largest absolute Gasteiger partial charge is 0.393 e. The topological polar surface area (TPSA) is 20.2 Å². The van der Waals surface area contributed by atoms with Gasteiger partial charge in [-0.05, 0) is 33.8 Å². The van der Waals surface area contributed by atoms with Gasteiger partial charge in [0.2, 0.25) is 0 Å². The monoisotopic (exact) mass is 262 g/mol. The van der Waals surface area contributed by atoms with Gasteiger partial charge in [-0.25, -0.2) is 0 Å². The summed E-state index contributed by atoms with van der Waals surface area (Å²) in [6.45, 7) is 2.15. The molecule has 1 nitrogen and oxygen atoms in total. The van der Waals surface area contributed by atoms with Crippen molar-refractivity contribution in [3.05, 3.63) is 20.8 Å². The Morgan fingerprint density at radius 3 is 2.92 bits per heavy atom. The molecule has 0 saturated carbocycles. The molecule has 0 saturated heterocycles. The van der Waals surface area contributed by atoms with Crippen LogP contribution in [0.4, 0.5) is 0 Å². The molecular formula is C10H15BrOS. The Kier molecular flexibility index (Phi) is 4.99. The van der Waals surface area contributed by atoms with Crippen LogP contribution in [0.1, 0.15) is 31.1 Å². The second-order valence-corrected chi connectivity index (χ2v) is 5.05. The fraction of sp³-hybridized carbons (Fsp3) is 0.600. The van der Waals surface area contributed by atoms with Crippen molar-refractivity contribution < 1.29 is 5.11 Å². The quantitative estimate of drug-likeness (QED) is 0.860. The number of hydrogen-bond donors (Lipinski definition) is 1. The molecule has 0 radical (unpaired) electrons. The highest BCUT2D eigenvalue weighted by atomic mass is 79.9. The molecule has 0 aliphatic heterocycles. The molecule has 1 aromatic heterocycles. The van der Waals surface area contributed by atoms with E-state index in [0.717, 1.165) is 30.2 Å². The molecule has 13 heavy (non-hydrogen) atoms. The predicted octanol–water partition coefficient (Wildman–Crippen LogP) is 3.60. The molecule has 0 spiro atoms. The Bertz CT molecular complexity index is 247. The second kappa shape index (κ2) is 5.78. The van der Waals surface area contributed by atoms with Gasteiger partial charge in [0.05, 0.1) is 6.10 Å². The van der Waals surface area contributed by atoms with Crippen molar-refractivity contribution >= 4 is 27.3 Å². The van der Waals surface area contributed by atoms with Gasteiger partial charge in [-0.1, -0.05) is 19.8 Å². The predicted molar refractivity (Wildman–Crippen MR) is 61.3 cm³/mol. The smallest absolute Gasteiger partial charge is 0.0588 e. The van der Waals surface area contributed by atoms with Gasteiger partial charge in [0, 0.05) is 15.8 Å². The SMILES string of the molecule is CCCCC(O)Cc1sccc1Br. The van der Waals surface area contributed by atoms with Crippen LogP contribution >= 0.6 is 27.3 Å². The normalized spacial score (nSPS) is 13.2. The number of unbranched alkanes of at least 4 members (excludes halogenated alkanes) is 1. The number of aliphatic hydroxyl groups is 1. The van der Waals surface area contributed by atoms with Gasteiger partial charge in [-0.3, -0.25) is 0 Å². The molecule has 0 aliphatic carbocycles. The summed E-state index contributed by atoms with van der Waals surface area (Å²) >= 11 is 5.17. The fourth-order valence-electron chi connectivity index (χ4n) is 1.23. The molecule has 1 unspecified atom stereocenters. The molecular weight excluding hydrogens is 248 g/mol. The third kappa shape index (κ3) is 3.79. The Labute approximate surface area is 91.9 Å². The van der Waals surface area contributed by atoms with Crippen LogP contribution in [0.2, 0.25) is 0 Å². The summed E-state index contributed by atoms with van der Waals surface area (Å²) in [5.74, 6) is 0. The van der Waals surface area contributed by atoms with Crippen molar-refractivity contribution in [2.45, 2.75) is 38.7 Å². The van der Waals surface area contributed by atoms with Gasteiger partial charge in [-0.2, -0.15) is 0 Å². The lowest BCUT2D eigenvalue weighted by atomic mass is 10.1. The average molecular weight is 263 g/mol. The van der Waals surface area contributed by atoms with Crippen LogP contribution in [0.15, 0.2) is 15.9 Å². The van der Waals surface area contributed by atoms with E-state index in [-0.39, 0.29) is 6.10 Å². The first-order chi connectivity index (χ1) is 6.24. The molecule has 1 aromatic rings. The Hall–Kier alpha value is 0.140. The van der Waals surface area contributed by atoms with Crippen molar-refractivity contribution in [3.63, 3.8) is 0 Å². The van der Waals surface area contributed by atoms with Crippen molar-refractivity contribution in [1.82, 2.24) is 0 Å². The first-order valence-corrected chi connectivity index (χ1v) is 6.31. The lowest BCUT2D eigenvalue weighted by Gasteiger charge is -2.08. The number of hydrogen-bond acceptors (Lipinski definition) is 2. The van der Waals surface area contributed by atoms with E-state index in [1.54, 1.807) is 11.3 Å². The van der Waals surface area contributed by atoms with Crippen LogP contribution in [0.5, 0.6) is 0 Å². The number of halogens is 1. The maximum atomic E-state index is 9.66. The molecule has 3 heteroatoms. The van der Waals surface area contributed by atoms with Gasteiger partial charge in [0.1, 0.15) is 0 Å². The summed E-state index contributed by atoms with van der Waals surface area (Å²) in [7, 11) is 0. The van der Waals surface area contributed by atoms with E-state index in [1.165, 1.54) is 4.88 Å². The van der Waals surface area contributed by atoms with Crippen LogP contribution in [-0.4, -0.2) is 11.2 Å². The minimum absolute atomic E-state index is 0.171. The van der Waals surface area contributed by atoms with Gasteiger partial charge in [0.25, 0.3) is 0 Å². The lowest BCUT2D eigenvalue weighted by molar-refractivity contribution is 0.162. The van der Waals surface area contributed by atoms with E-state index in [0.29, 0.717) is 0 Å². The van der Waals surface area contributed by atoms with Crippen molar-refractivity contribution in [2.75, 3.05) is 0 Å². The molecule has 1 N–H and O–H groups in total. The molecule has 0 bridgehead atoms. The molecule has 0 amide bonds. The third-order valence-electron chi connectivity index (χ3n) is 2.00. The van der Waals surface area contributed by atoms with Crippen LogP contribution in [0.3, 0.4) is 0 Å². The van der Waals surface area contributed by atoms with Gasteiger partial charge in [-0.15, -0.1) is 11.3 Å². The van der Waals surface area contributed by atoms with Crippen molar-refractivity contribution in [3.8, 4) is 0 Å². The highest BCUT2D eigenvalue weighted by Gasteiger charge is 2.08. The van der Waals surface area contributed by atoms with E-state index < -0.39 is 0 Å². The van der Waals surface area contributed by atoms with E-state index in [1.807, 2.05) is 11.4 Å². The molecule has 0 aromatic carbocycles. The molecule has 1 heterocycles. The van der Waals surface area contributed by atoms with Gasteiger partial charge >= 0.3 is 0 Å². The minimum Gasteiger partial charge on any atom is -0.393 e. The summed E-state index contributed by atoms with van der Waals surface area (Å²) in [5, 5.41) is 11.7. The zero-order valence-electron chi connectivity index (χ0n) is 7.79. The molecule has 74 valence electrons. The Morgan fingerprint density at radius 1 is 1.62 bits per heavy atom. The van der Waals surface area contributed by atoms with Crippen molar-refractivity contribution in [1.29, 1.82) is 0 Å². The minimum atomic E-state index is -0.171. The van der Waals surface area contributed by atoms with Crippen LogP contribution < -0.4 is 0 Å². The van der Waals surface area contributed by atoms with Gasteiger partial charge < -0.3 is 5.11 Å². The average Bonchev–Trinajstić information content (AvgIpc) is 2.48. The first-order valence-electron chi connectivity index (χ1n) is 4.64. The number of aliphatic hydroxyl groups excluding tert-OH is 1. The van der Waals surface area contributed by atoms with Crippen LogP contribution in [0, 0.1) is 0 Å². The second-order valence-electron chi connectivity index (χ2n) is 3.19. The zero-order chi connectivity index (χ0) is 9.68.